The lowest BCUT2D eigenvalue weighted by atomic mass is 10.1. The van der Waals surface area contributed by atoms with Gasteiger partial charge in [-0.1, -0.05) is 6.08 Å². The van der Waals surface area contributed by atoms with Crippen LogP contribution in [-0.2, 0) is 4.79 Å². The first-order chi connectivity index (χ1) is 8.08. The third-order valence-corrected chi connectivity index (χ3v) is 3.13. The zero-order valence-electron chi connectivity index (χ0n) is 10.2. The molecule has 0 aliphatic heterocycles. The van der Waals surface area contributed by atoms with E-state index >= 15 is 0 Å². The average molecular weight is 240 g/mol. The quantitative estimate of drug-likeness (QED) is 0.715. The molecule has 2 unspecified atom stereocenters. The van der Waals surface area contributed by atoms with E-state index in [9.17, 15) is 9.59 Å². The summed E-state index contributed by atoms with van der Waals surface area (Å²) in [5.74, 6) is -1.07. The highest BCUT2D eigenvalue weighted by molar-refractivity contribution is 5.75. The van der Waals surface area contributed by atoms with Crippen LogP contribution in [0.3, 0.4) is 0 Å². The number of carboxylic acid groups (broad SMARTS) is 1. The predicted octanol–water partition coefficient (Wildman–Crippen LogP) is 1.46. The molecule has 1 fully saturated rings. The second kappa shape index (κ2) is 6.27. The van der Waals surface area contributed by atoms with Gasteiger partial charge in [0.2, 0.25) is 0 Å². The Morgan fingerprint density at radius 3 is 2.71 bits per heavy atom. The van der Waals surface area contributed by atoms with Gasteiger partial charge in [-0.05, 0) is 26.2 Å². The fraction of sp³-hybridized carbons (Fsp3) is 0.667. The summed E-state index contributed by atoms with van der Waals surface area (Å²) in [5.41, 5.74) is 0. The van der Waals surface area contributed by atoms with E-state index in [1.54, 1.807) is 11.0 Å². The first-order valence-electron chi connectivity index (χ1n) is 5.97. The minimum absolute atomic E-state index is 0.0116. The number of carbonyl (C=O) groups excluding carboxylic acids is 1. The molecule has 2 atom stereocenters. The standard InChI is InChI=1S/C12H20N2O3/c1-3-7-14(4-2)12(17)13-10-6-5-9(8-10)11(15)16/h3,9-10H,1,4-8H2,2H3,(H,13,17)(H,15,16). The second-order valence-electron chi connectivity index (χ2n) is 4.32. The number of likely N-dealkylation sites (N-methyl/N-ethyl adjacent to an activating group) is 1. The molecule has 96 valence electrons. The molecule has 0 radical (unpaired) electrons. The second-order valence-corrected chi connectivity index (χ2v) is 4.32. The van der Waals surface area contributed by atoms with Gasteiger partial charge >= 0.3 is 12.0 Å². The minimum atomic E-state index is -0.764. The average Bonchev–Trinajstić information content (AvgIpc) is 2.74. The molecule has 17 heavy (non-hydrogen) atoms. The highest BCUT2D eigenvalue weighted by Crippen LogP contribution is 2.25. The maximum absolute atomic E-state index is 11.8. The summed E-state index contributed by atoms with van der Waals surface area (Å²) in [7, 11) is 0. The van der Waals surface area contributed by atoms with Gasteiger partial charge in [0.1, 0.15) is 0 Å². The van der Waals surface area contributed by atoms with Gasteiger partial charge in [0, 0.05) is 19.1 Å². The van der Waals surface area contributed by atoms with Gasteiger partial charge in [0.05, 0.1) is 5.92 Å². The first-order valence-corrected chi connectivity index (χ1v) is 5.97. The van der Waals surface area contributed by atoms with Crippen molar-refractivity contribution in [1.29, 1.82) is 0 Å². The third-order valence-electron chi connectivity index (χ3n) is 3.13. The van der Waals surface area contributed by atoms with Gasteiger partial charge in [0.15, 0.2) is 0 Å². The molecule has 5 heteroatoms. The first kappa shape index (κ1) is 13.5. The zero-order chi connectivity index (χ0) is 12.8. The number of rotatable bonds is 5. The smallest absolute Gasteiger partial charge is 0.317 e. The Morgan fingerprint density at radius 1 is 1.53 bits per heavy atom. The lowest BCUT2D eigenvalue weighted by molar-refractivity contribution is -0.141. The summed E-state index contributed by atoms with van der Waals surface area (Å²) in [6.07, 6.45) is 3.60. The Hall–Kier alpha value is -1.52. The van der Waals surface area contributed by atoms with Gasteiger partial charge in [-0.2, -0.15) is 0 Å². The summed E-state index contributed by atoms with van der Waals surface area (Å²) >= 11 is 0. The molecule has 1 aliphatic rings. The van der Waals surface area contributed by atoms with E-state index in [1.807, 2.05) is 6.92 Å². The van der Waals surface area contributed by atoms with E-state index in [4.69, 9.17) is 5.11 Å². The van der Waals surface area contributed by atoms with E-state index in [-0.39, 0.29) is 18.0 Å². The van der Waals surface area contributed by atoms with Crippen molar-refractivity contribution in [3.8, 4) is 0 Å². The molecule has 2 amide bonds. The highest BCUT2D eigenvalue weighted by Gasteiger charge is 2.31. The molecular formula is C12H20N2O3. The van der Waals surface area contributed by atoms with Crippen molar-refractivity contribution >= 4 is 12.0 Å². The maximum Gasteiger partial charge on any atom is 0.317 e. The van der Waals surface area contributed by atoms with E-state index in [0.717, 1.165) is 6.42 Å². The van der Waals surface area contributed by atoms with Gasteiger partial charge in [-0.15, -0.1) is 6.58 Å². The lowest BCUT2D eigenvalue weighted by Gasteiger charge is -2.22. The Bertz CT molecular complexity index is 304. The monoisotopic (exact) mass is 240 g/mol. The number of urea groups is 1. The van der Waals surface area contributed by atoms with Crippen LogP contribution in [0.4, 0.5) is 4.79 Å². The largest absolute Gasteiger partial charge is 0.481 e. The molecule has 0 aromatic rings. The molecular weight excluding hydrogens is 220 g/mol. The summed E-state index contributed by atoms with van der Waals surface area (Å²) in [6, 6.07) is -0.147. The minimum Gasteiger partial charge on any atom is -0.481 e. The van der Waals surface area contributed by atoms with E-state index in [2.05, 4.69) is 11.9 Å². The molecule has 0 saturated heterocycles. The van der Waals surface area contributed by atoms with Crippen molar-refractivity contribution in [2.45, 2.75) is 32.2 Å². The molecule has 0 bridgehead atoms. The Kier molecular flexibility index (Phi) is 5.00. The van der Waals surface area contributed by atoms with Crippen LogP contribution >= 0.6 is 0 Å². The molecule has 0 spiro atoms. The number of amides is 2. The zero-order valence-corrected chi connectivity index (χ0v) is 10.2. The number of hydrogen-bond donors (Lipinski definition) is 2. The van der Waals surface area contributed by atoms with E-state index in [1.165, 1.54) is 0 Å². The van der Waals surface area contributed by atoms with Crippen molar-refractivity contribution in [2.75, 3.05) is 13.1 Å². The van der Waals surface area contributed by atoms with Crippen LogP contribution < -0.4 is 5.32 Å². The molecule has 1 aliphatic carbocycles. The Morgan fingerprint density at radius 2 is 2.24 bits per heavy atom. The normalized spacial score (nSPS) is 23.1. The molecule has 0 aromatic heterocycles. The van der Waals surface area contributed by atoms with E-state index < -0.39 is 5.97 Å². The predicted molar refractivity (Wildman–Crippen MR) is 64.7 cm³/mol. The van der Waals surface area contributed by atoms with Crippen molar-refractivity contribution in [3.05, 3.63) is 12.7 Å². The Balaban J connectivity index is 2.41. The molecule has 1 rings (SSSR count). The van der Waals surface area contributed by atoms with Crippen LogP contribution in [0.5, 0.6) is 0 Å². The van der Waals surface area contributed by atoms with Crippen molar-refractivity contribution in [2.24, 2.45) is 5.92 Å². The number of nitrogens with zero attached hydrogens (tertiary/aromatic N) is 1. The number of hydrogen-bond acceptors (Lipinski definition) is 2. The lowest BCUT2D eigenvalue weighted by Crippen LogP contribution is -2.44. The van der Waals surface area contributed by atoms with Crippen LogP contribution in [0.2, 0.25) is 0 Å². The Labute approximate surface area is 101 Å². The summed E-state index contributed by atoms with van der Waals surface area (Å²) in [5, 5.41) is 11.7. The highest BCUT2D eigenvalue weighted by atomic mass is 16.4. The van der Waals surface area contributed by atoms with Crippen LogP contribution in [0.25, 0.3) is 0 Å². The molecule has 5 nitrogen and oxygen atoms in total. The third kappa shape index (κ3) is 3.76. The van der Waals surface area contributed by atoms with Gasteiger partial charge in [-0.25, -0.2) is 4.79 Å². The molecule has 1 saturated carbocycles. The van der Waals surface area contributed by atoms with Gasteiger partial charge in [-0.3, -0.25) is 4.79 Å². The SMILES string of the molecule is C=CCN(CC)C(=O)NC1CCC(C(=O)O)C1. The van der Waals surface area contributed by atoms with Crippen molar-refractivity contribution in [1.82, 2.24) is 10.2 Å². The van der Waals surface area contributed by atoms with Crippen LogP contribution in [0.15, 0.2) is 12.7 Å². The van der Waals surface area contributed by atoms with Crippen LogP contribution in [0, 0.1) is 5.92 Å². The number of aliphatic carboxylic acids is 1. The van der Waals surface area contributed by atoms with E-state index in [0.29, 0.717) is 25.9 Å². The fourth-order valence-electron chi connectivity index (χ4n) is 2.11. The number of nitrogens with one attached hydrogen (secondary N) is 1. The summed E-state index contributed by atoms with van der Waals surface area (Å²) in [4.78, 5) is 24.2. The maximum atomic E-state index is 11.8. The molecule has 2 N–H and O–H groups in total. The molecule has 0 heterocycles. The van der Waals surface area contributed by atoms with Crippen molar-refractivity contribution < 1.29 is 14.7 Å². The summed E-state index contributed by atoms with van der Waals surface area (Å²) in [6.45, 7) is 6.63. The number of carbonyl (C=O) groups is 2. The van der Waals surface area contributed by atoms with Crippen LogP contribution in [-0.4, -0.2) is 41.1 Å². The molecule has 0 aromatic carbocycles. The topological polar surface area (TPSA) is 69.6 Å². The van der Waals surface area contributed by atoms with Crippen LogP contribution in [0.1, 0.15) is 26.2 Å². The number of carboxylic acids is 1. The van der Waals surface area contributed by atoms with Gasteiger partial charge in [0.25, 0.3) is 0 Å². The van der Waals surface area contributed by atoms with Gasteiger partial charge < -0.3 is 15.3 Å². The summed E-state index contributed by atoms with van der Waals surface area (Å²) < 4.78 is 0. The fourth-order valence-corrected chi connectivity index (χ4v) is 2.11. The van der Waals surface area contributed by atoms with Crippen molar-refractivity contribution in [3.63, 3.8) is 0 Å².